The Kier molecular flexibility index (Phi) is 9.47. The molecule has 208 valence electrons. The molecule has 1 N–H and O–H groups in total. The highest BCUT2D eigenvalue weighted by Crippen LogP contribution is 2.43. The van der Waals surface area contributed by atoms with Gasteiger partial charge in [-0.15, -0.1) is 0 Å². The lowest BCUT2D eigenvalue weighted by Gasteiger charge is -2.19. The van der Waals surface area contributed by atoms with Gasteiger partial charge in [0, 0.05) is 11.1 Å². The normalized spacial score (nSPS) is 13.4. The third kappa shape index (κ3) is 7.36. The van der Waals surface area contributed by atoms with E-state index < -0.39 is 64.5 Å². The number of carbonyl (C=O) groups excluding carboxylic acids is 1. The number of carbonyl (C=O) groups is 1. The smallest absolute Gasteiger partial charge is 0.374 e. The molecule has 0 aliphatic carbocycles. The van der Waals surface area contributed by atoms with Crippen LogP contribution in [0.1, 0.15) is 33.0 Å². The second kappa shape index (κ2) is 11.9. The molecule has 0 saturated carbocycles. The Balaban J connectivity index is 2.00. The first-order valence-corrected chi connectivity index (χ1v) is 12.0. The lowest BCUT2D eigenvalue weighted by Crippen LogP contribution is -2.20. The minimum absolute atomic E-state index is 0.0502. The van der Waals surface area contributed by atoms with Gasteiger partial charge in [0.05, 0.1) is 37.9 Å². The van der Waals surface area contributed by atoms with Crippen LogP contribution in [-0.2, 0) is 6.18 Å². The molecule has 0 fully saturated rings. The van der Waals surface area contributed by atoms with E-state index in [1.165, 1.54) is 12.1 Å². The van der Waals surface area contributed by atoms with E-state index in [9.17, 15) is 39.9 Å². The number of rotatable bonds is 7. The number of hydrogen-bond acceptors (Lipinski definition) is 2. The summed E-state index contributed by atoms with van der Waals surface area (Å²) in [7, 11) is 0. The van der Waals surface area contributed by atoms with Crippen molar-refractivity contribution < 1.29 is 39.9 Å². The van der Waals surface area contributed by atoms with Crippen LogP contribution < -0.4 is 5.32 Å². The van der Waals surface area contributed by atoms with Crippen LogP contribution in [0, 0.1) is 5.82 Å². The van der Waals surface area contributed by atoms with Gasteiger partial charge in [-0.25, -0.2) is 8.78 Å². The van der Waals surface area contributed by atoms with Crippen LogP contribution in [-0.4, -0.2) is 18.5 Å². The molecule has 0 aromatic heterocycles. The Labute approximate surface area is 236 Å². The summed E-state index contributed by atoms with van der Waals surface area (Å²) in [5.74, 6) is -6.36. The second-order valence-electron chi connectivity index (χ2n) is 7.96. The Morgan fingerprint density at radius 1 is 0.897 bits per heavy atom. The van der Waals surface area contributed by atoms with E-state index in [0.29, 0.717) is 12.1 Å². The summed E-state index contributed by atoms with van der Waals surface area (Å²) < 4.78 is 112. The van der Waals surface area contributed by atoms with Gasteiger partial charge in [-0.05, 0) is 42.0 Å². The maximum Gasteiger partial charge on any atom is 0.417 e. The number of benzene rings is 3. The van der Waals surface area contributed by atoms with Gasteiger partial charge in [0.15, 0.2) is 5.78 Å². The zero-order valence-electron chi connectivity index (χ0n) is 18.9. The van der Waals surface area contributed by atoms with Crippen LogP contribution in [0.4, 0.5) is 40.8 Å². The fourth-order valence-electron chi connectivity index (χ4n) is 3.48. The minimum Gasteiger partial charge on any atom is -0.374 e. The van der Waals surface area contributed by atoms with E-state index in [0.717, 1.165) is 18.2 Å². The molecule has 0 aliphatic rings. The van der Waals surface area contributed by atoms with E-state index in [-0.39, 0.29) is 37.9 Å². The zero-order chi connectivity index (χ0) is 29.3. The first kappa shape index (κ1) is 31.0. The number of anilines is 1. The van der Waals surface area contributed by atoms with Crippen LogP contribution in [0.25, 0.3) is 5.83 Å². The summed E-state index contributed by atoms with van der Waals surface area (Å²) in [6, 6.07) is 6.67. The molecule has 0 heterocycles. The van der Waals surface area contributed by atoms with Crippen molar-refractivity contribution in [2.45, 2.75) is 18.3 Å². The first-order valence-electron chi connectivity index (χ1n) is 10.5. The maximum atomic E-state index is 15.0. The largest absolute Gasteiger partial charge is 0.417 e. The van der Waals surface area contributed by atoms with Gasteiger partial charge in [-0.2, -0.15) is 26.3 Å². The molecule has 2 nitrogen and oxygen atoms in total. The standard InChI is InChI=1S/C25H13Cl4F8NO/c26-16-2-1-3-19(30)23(16)38-10-21(39)13-5-4-11(6-15(13)25(35,36)37)20(31)9-14(24(32,33)34)12-7-17(27)22(29)18(28)8-12/h1-9,14,38H,10H2/b20-9-. The molecule has 0 aliphatic heterocycles. The number of halogens is 12. The number of allylic oxidation sites excluding steroid dienone is 1. The lowest BCUT2D eigenvalue weighted by atomic mass is 9.95. The molecule has 14 heteroatoms. The molecule has 0 spiro atoms. The Morgan fingerprint density at radius 2 is 1.51 bits per heavy atom. The average Bonchev–Trinajstić information content (AvgIpc) is 2.83. The molecule has 3 rings (SSSR count). The number of hydrogen-bond donors (Lipinski definition) is 1. The van der Waals surface area contributed by atoms with Crippen molar-refractivity contribution in [1.82, 2.24) is 0 Å². The number of alkyl halides is 6. The summed E-state index contributed by atoms with van der Waals surface area (Å²) in [4.78, 5) is 12.6. The zero-order valence-corrected chi connectivity index (χ0v) is 21.9. The predicted molar refractivity (Wildman–Crippen MR) is 135 cm³/mol. The molecule has 3 aromatic rings. The molecule has 3 aromatic carbocycles. The third-order valence-electron chi connectivity index (χ3n) is 5.32. The number of Topliss-reactive ketones (excluding diaryl/α,β-unsaturated/α-hetero) is 1. The highest BCUT2D eigenvalue weighted by molar-refractivity contribution is 6.48. The van der Waals surface area contributed by atoms with Crippen LogP contribution in [0.2, 0.25) is 20.1 Å². The van der Waals surface area contributed by atoms with E-state index >= 15 is 0 Å². The van der Waals surface area contributed by atoms with Crippen LogP contribution in [0.15, 0.2) is 54.6 Å². The van der Waals surface area contributed by atoms with Gasteiger partial charge in [-0.1, -0.05) is 64.6 Å². The van der Waals surface area contributed by atoms with Crippen LogP contribution in [0.3, 0.4) is 0 Å². The van der Waals surface area contributed by atoms with Gasteiger partial charge in [0.2, 0.25) is 0 Å². The Bertz CT molecular complexity index is 1390. The molecule has 0 saturated heterocycles. The summed E-state index contributed by atoms with van der Waals surface area (Å²) in [6.45, 7) is -0.824. The summed E-state index contributed by atoms with van der Waals surface area (Å²) in [5, 5.41) is 1.22. The van der Waals surface area contributed by atoms with E-state index in [1.807, 2.05) is 0 Å². The molecule has 39 heavy (non-hydrogen) atoms. The Hall–Kier alpha value is -2.53. The summed E-state index contributed by atoms with van der Waals surface area (Å²) >= 11 is 23.1. The van der Waals surface area contributed by atoms with Crippen LogP contribution >= 0.6 is 46.4 Å². The molecule has 0 amide bonds. The van der Waals surface area contributed by atoms with Crippen molar-refractivity contribution in [3.63, 3.8) is 0 Å². The molecule has 1 atom stereocenters. The van der Waals surface area contributed by atoms with Crippen LogP contribution in [0.5, 0.6) is 0 Å². The van der Waals surface area contributed by atoms with Crippen molar-refractivity contribution in [2.24, 2.45) is 0 Å². The maximum absolute atomic E-state index is 15.0. The van der Waals surface area contributed by atoms with Crippen molar-refractivity contribution in [3.8, 4) is 0 Å². The van der Waals surface area contributed by atoms with Gasteiger partial charge >= 0.3 is 12.4 Å². The highest BCUT2D eigenvalue weighted by Gasteiger charge is 2.41. The third-order valence-corrected chi connectivity index (χ3v) is 6.83. The second-order valence-corrected chi connectivity index (χ2v) is 9.56. The Morgan fingerprint density at radius 3 is 2.05 bits per heavy atom. The molecule has 0 bridgehead atoms. The number of nitrogens with one attached hydrogen (secondary N) is 1. The van der Waals surface area contributed by atoms with Gasteiger partial charge in [0.25, 0.3) is 0 Å². The number of ketones is 1. The van der Waals surface area contributed by atoms with E-state index in [2.05, 4.69) is 5.32 Å². The molecule has 0 radical (unpaired) electrons. The van der Waals surface area contributed by atoms with Gasteiger partial charge in [-0.3, -0.25) is 4.79 Å². The SMILES string of the molecule is O=C(CNc1c(F)cccc1Cl)c1ccc(/C(F)=C/C(c2cc(Cl)c(Cl)c(Cl)c2)C(F)(F)F)cc1C(F)(F)F. The minimum atomic E-state index is -5.20. The topological polar surface area (TPSA) is 29.1 Å². The average molecular weight is 637 g/mol. The molecular formula is C25H13Cl4F8NO. The first-order chi connectivity index (χ1) is 18.0. The fraction of sp³-hybridized carbons (Fsp3) is 0.160. The van der Waals surface area contributed by atoms with Crippen molar-refractivity contribution in [2.75, 3.05) is 11.9 Å². The van der Waals surface area contributed by atoms with Gasteiger partial charge < -0.3 is 5.32 Å². The lowest BCUT2D eigenvalue weighted by molar-refractivity contribution is -0.140. The van der Waals surface area contributed by atoms with Crippen molar-refractivity contribution in [3.05, 3.63) is 103 Å². The summed E-state index contributed by atoms with van der Waals surface area (Å²) in [5.41, 5.74) is -4.37. The van der Waals surface area contributed by atoms with E-state index in [4.69, 9.17) is 46.4 Å². The van der Waals surface area contributed by atoms with Crippen molar-refractivity contribution >= 4 is 63.7 Å². The van der Waals surface area contributed by atoms with Crippen molar-refractivity contribution in [1.29, 1.82) is 0 Å². The van der Waals surface area contributed by atoms with Gasteiger partial charge in [0.1, 0.15) is 17.6 Å². The fourth-order valence-corrected chi connectivity index (χ4v) is 4.32. The predicted octanol–water partition coefficient (Wildman–Crippen LogP) is 10.4. The van der Waals surface area contributed by atoms with E-state index in [1.54, 1.807) is 0 Å². The quantitative estimate of drug-likeness (QED) is 0.159. The molecular weight excluding hydrogens is 624 g/mol. The monoisotopic (exact) mass is 635 g/mol. The number of para-hydroxylation sites is 1. The summed E-state index contributed by atoms with van der Waals surface area (Å²) in [6.07, 6.45) is -10.2. The molecule has 1 unspecified atom stereocenters. The highest BCUT2D eigenvalue weighted by atomic mass is 35.5.